The summed E-state index contributed by atoms with van der Waals surface area (Å²) in [6.45, 7) is 2.02. The third-order valence-electron chi connectivity index (χ3n) is 4.10. The van der Waals surface area contributed by atoms with E-state index in [1.54, 1.807) is 24.3 Å². The van der Waals surface area contributed by atoms with Crippen LogP contribution >= 0.6 is 0 Å². The van der Waals surface area contributed by atoms with Crippen molar-refractivity contribution in [3.05, 3.63) is 71.8 Å². The highest BCUT2D eigenvalue weighted by molar-refractivity contribution is 6.02. The fraction of sp³-hybridized carbons (Fsp3) is 0.182. The summed E-state index contributed by atoms with van der Waals surface area (Å²) in [6.07, 6.45) is 0. The Kier molecular flexibility index (Phi) is 5.71. The predicted octanol–water partition coefficient (Wildman–Crippen LogP) is 4.29. The molecule has 0 aliphatic carbocycles. The third kappa shape index (κ3) is 4.26. The van der Waals surface area contributed by atoms with E-state index in [0.717, 1.165) is 10.8 Å². The lowest BCUT2D eigenvalue weighted by atomic mass is 10.0. The molecule has 0 saturated carbocycles. The van der Waals surface area contributed by atoms with Gasteiger partial charge in [-0.2, -0.15) is 0 Å². The van der Waals surface area contributed by atoms with Crippen LogP contribution in [0.15, 0.2) is 60.7 Å². The topological polar surface area (TPSA) is 61.8 Å². The van der Waals surface area contributed by atoms with E-state index in [1.807, 2.05) is 37.3 Å². The molecule has 0 spiro atoms. The van der Waals surface area contributed by atoms with Gasteiger partial charge in [0.25, 0.3) is 0 Å². The van der Waals surface area contributed by atoms with Crippen molar-refractivity contribution >= 4 is 22.5 Å². The van der Waals surface area contributed by atoms with E-state index in [2.05, 4.69) is 0 Å². The van der Waals surface area contributed by atoms with Crippen LogP contribution < -0.4 is 9.47 Å². The fourth-order valence-corrected chi connectivity index (χ4v) is 2.73. The van der Waals surface area contributed by atoms with Gasteiger partial charge in [0.1, 0.15) is 0 Å². The van der Waals surface area contributed by atoms with Crippen LogP contribution in [0, 0.1) is 0 Å². The molecule has 0 aliphatic rings. The Morgan fingerprint density at radius 1 is 0.852 bits per heavy atom. The van der Waals surface area contributed by atoms with E-state index in [9.17, 15) is 9.59 Å². The van der Waals surface area contributed by atoms with Crippen molar-refractivity contribution in [3.8, 4) is 11.5 Å². The molecule has 138 valence electrons. The van der Waals surface area contributed by atoms with Crippen molar-refractivity contribution in [2.45, 2.75) is 6.92 Å². The second kappa shape index (κ2) is 8.36. The molecule has 0 atom stereocenters. The monoisotopic (exact) mass is 364 g/mol. The molecule has 0 heterocycles. The summed E-state index contributed by atoms with van der Waals surface area (Å²) in [4.78, 5) is 24.6. The van der Waals surface area contributed by atoms with Crippen molar-refractivity contribution in [2.75, 3.05) is 20.3 Å². The Bertz CT molecular complexity index is 977. The van der Waals surface area contributed by atoms with E-state index in [-0.39, 0.29) is 12.4 Å². The maximum Gasteiger partial charge on any atom is 0.338 e. The molecule has 3 aromatic carbocycles. The second-order valence-electron chi connectivity index (χ2n) is 5.86. The van der Waals surface area contributed by atoms with Crippen molar-refractivity contribution in [1.82, 2.24) is 0 Å². The number of benzene rings is 3. The quantitative estimate of drug-likeness (QED) is 0.462. The number of hydrogen-bond donors (Lipinski definition) is 0. The number of esters is 1. The highest BCUT2D eigenvalue weighted by Gasteiger charge is 2.15. The molecule has 0 aromatic heterocycles. The van der Waals surface area contributed by atoms with Gasteiger partial charge in [0.05, 0.1) is 19.3 Å². The lowest BCUT2D eigenvalue weighted by Crippen LogP contribution is -2.14. The molecule has 0 aliphatic heterocycles. The van der Waals surface area contributed by atoms with Gasteiger partial charge in [-0.15, -0.1) is 0 Å². The smallest absolute Gasteiger partial charge is 0.338 e. The van der Waals surface area contributed by atoms with Gasteiger partial charge < -0.3 is 14.2 Å². The van der Waals surface area contributed by atoms with Crippen LogP contribution in [0.4, 0.5) is 0 Å². The van der Waals surface area contributed by atoms with Gasteiger partial charge in [-0.25, -0.2) is 4.79 Å². The third-order valence-corrected chi connectivity index (χ3v) is 4.10. The molecule has 0 saturated heterocycles. The molecule has 5 nitrogen and oxygen atoms in total. The van der Waals surface area contributed by atoms with Gasteiger partial charge >= 0.3 is 5.97 Å². The number of ether oxygens (including phenoxy) is 3. The highest BCUT2D eigenvalue weighted by Crippen LogP contribution is 2.28. The van der Waals surface area contributed by atoms with Gasteiger partial charge in [-0.05, 0) is 42.0 Å². The number of rotatable bonds is 7. The van der Waals surface area contributed by atoms with Crippen molar-refractivity contribution < 1.29 is 23.8 Å². The van der Waals surface area contributed by atoms with Crippen LogP contribution in [0.3, 0.4) is 0 Å². The van der Waals surface area contributed by atoms with Crippen LogP contribution in [0.1, 0.15) is 27.6 Å². The first-order chi connectivity index (χ1) is 13.1. The lowest BCUT2D eigenvalue weighted by Gasteiger charge is -2.11. The first kappa shape index (κ1) is 18.5. The summed E-state index contributed by atoms with van der Waals surface area (Å²) < 4.78 is 15.8. The normalized spacial score (nSPS) is 10.4. The van der Waals surface area contributed by atoms with Crippen LogP contribution in [-0.2, 0) is 4.74 Å². The van der Waals surface area contributed by atoms with Crippen molar-refractivity contribution in [1.29, 1.82) is 0 Å². The summed E-state index contributed by atoms with van der Waals surface area (Å²) >= 11 is 0. The summed E-state index contributed by atoms with van der Waals surface area (Å²) in [6, 6.07) is 17.9. The molecule has 0 radical (unpaired) electrons. The zero-order valence-corrected chi connectivity index (χ0v) is 15.2. The van der Waals surface area contributed by atoms with E-state index >= 15 is 0 Å². The van der Waals surface area contributed by atoms with Crippen LogP contribution in [0.5, 0.6) is 11.5 Å². The molecule has 0 amide bonds. The molecule has 0 N–H and O–H groups in total. The molecule has 3 aromatic rings. The molecule has 5 heteroatoms. The minimum Gasteiger partial charge on any atom is -0.493 e. The molecule has 0 bridgehead atoms. The minimum atomic E-state index is -0.592. The number of methoxy groups -OCH3 is 1. The SMILES string of the molecule is CCOc1ccc(C(=O)OCC(=O)c2ccc3ccccc3c2)cc1OC. The zero-order chi connectivity index (χ0) is 19.2. The molecule has 3 rings (SSSR count). The molecular weight excluding hydrogens is 344 g/mol. The van der Waals surface area contributed by atoms with E-state index in [4.69, 9.17) is 14.2 Å². The summed E-state index contributed by atoms with van der Waals surface area (Å²) in [5, 5.41) is 2.01. The number of carbonyl (C=O) groups excluding carboxylic acids is 2. The van der Waals surface area contributed by atoms with Gasteiger partial charge in [0.2, 0.25) is 0 Å². The molecule has 27 heavy (non-hydrogen) atoms. The van der Waals surface area contributed by atoms with Gasteiger partial charge in [-0.1, -0.05) is 36.4 Å². The van der Waals surface area contributed by atoms with Crippen molar-refractivity contribution in [3.63, 3.8) is 0 Å². The van der Waals surface area contributed by atoms with Crippen LogP contribution in [-0.4, -0.2) is 32.1 Å². The zero-order valence-electron chi connectivity index (χ0n) is 15.2. The van der Waals surface area contributed by atoms with Crippen LogP contribution in [0.2, 0.25) is 0 Å². The molecule has 0 fully saturated rings. The number of fused-ring (bicyclic) bond motifs is 1. The Labute approximate surface area is 157 Å². The second-order valence-corrected chi connectivity index (χ2v) is 5.86. The van der Waals surface area contributed by atoms with E-state index < -0.39 is 5.97 Å². The van der Waals surface area contributed by atoms with E-state index in [0.29, 0.717) is 29.2 Å². The van der Waals surface area contributed by atoms with Crippen LogP contribution in [0.25, 0.3) is 10.8 Å². The van der Waals surface area contributed by atoms with Gasteiger partial charge in [0, 0.05) is 5.56 Å². The van der Waals surface area contributed by atoms with Gasteiger partial charge in [0.15, 0.2) is 23.9 Å². The Morgan fingerprint density at radius 2 is 1.59 bits per heavy atom. The van der Waals surface area contributed by atoms with Gasteiger partial charge in [-0.3, -0.25) is 4.79 Å². The Morgan fingerprint density at radius 3 is 2.33 bits per heavy atom. The predicted molar refractivity (Wildman–Crippen MR) is 103 cm³/mol. The summed E-state index contributed by atoms with van der Waals surface area (Å²) in [5.74, 6) is 0.133. The van der Waals surface area contributed by atoms with Crippen molar-refractivity contribution in [2.24, 2.45) is 0 Å². The van der Waals surface area contributed by atoms with E-state index in [1.165, 1.54) is 13.2 Å². The average Bonchev–Trinajstić information content (AvgIpc) is 2.71. The maximum atomic E-state index is 12.4. The standard InChI is InChI=1S/C22H20O5/c1-3-26-20-11-10-18(13-21(20)25-2)22(24)27-14-19(23)17-9-8-15-6-4-5-7-16(15)12-17/h4-13H,3,14H2,1-2H3. The molecular formula is C22H20O5. The largest absolute Gasteiger partial charge is 0.493 e. The fourth-order valence-electron chi connectivity index (χ4n) is 2.73. The Hall–Kier alpha value is -3.34. The maximum absolute atomic E-state index is 12.4. The lowest BCUT2D eigenvalue weighted by molar-refractivity contribution is 0.0474. The number of hydrogen-bond acceptors (Lipinski definition) is 5. The number of carbonyl (C=O) groups is 2. The Balaban J connectivity index is 1.68. The number of Topliss-reactive ketones (excluding diaryl/α,β-unsaturated/α-hetero) is 1. The summed E-state index contributed by atoms with van der Waals surface area (Å²) in [7, 11) is 1.50. The number of ketones is 1. The molecule has 0 unspecified atom stereocenters. The minimum absolute atomic E-state index is 0.257. The highest BCUT2D eigenvalue weighted by atomic mass is 16.5. The first-order valence-corrected chi connectivity index (χ1v) is 8.62. The first-order valence-electron chi connectivity index (χ1n) is 8.62. The summed E-state index contributed by atoms with van der Waals surface area (Å²) in [5.41, 5.74) is 0.799. The average molecular weight is 364 g/mol.